The molecule has 2 nitrogen and oxygen atoms in total. The van der Waals surface area contributed by atoms with Crippen molar-refractivity contribution >= 4 is 0 Å². The van der Waals surface area contributed by atoms with Crippen LogP contribution in [0.5, 0.6) is 0 Å². The Balaban J connectivity index is 4.69. The van der Waals surface area contributed by atoms with Gasteiger partial charge in [-0.2, -0.15) is 0 Å². The summed E-state index contributed by atoms with van der Waals surface area (Å²) in [5.74, 6) is 1.58. The summed E-state index contributed by atoms with van der Waals surface area (Å²) in [6, 6.07) is 1.40. The first-order valence-electron chi connectivity index (χ1n) is 10.9. The molecule has 0 rings (SSSR count). The van der Waals surface area contributed by atoms with Gasteiger partial charge in [0.25, 0.3) is 0 Å². The van der Waals surface area contributed by atoms with E-state index in [-0.39, 0.29) is 0 Å². The van der Waals surface area contributed by atoms with Crippen LogP contribution in [0.2, 0.25) is 0 Å². The van der Waals surface area contributed by atoms with E-state index in [1.54, 1.807) is 0 Å². The minimum absolute atomic E-state index is 0.435. The molecule has 26 heavy (non-hydrogen) atoms. The first kappa shape index (κ1) is 25.9. The summed E-state index contributed by atoms with van der Waals surface area (Å²) < 4.78 is 0. The predicted molar refractivity (Wildman–Crippen MR) is 120 cm³/mol. The van der Waals surface area contributed by atoms with Crippen LogP contribution in [0.1, 0.15) is 93.9 Å². The number of nitrogens with zero attached hydrogens (tertiary/aromatic N) is 2. The largest absolute Gasteiger partial charge is 0.306 e. The molecule has 0 saturated heterocycles. The quantitative estimate of drug-likeness (QED) is 0.408. The van der Waals surface area contributed by atoms with Crippen molar-refractivity contribution in [3.05, 3.63) is 0 Å². The van der Waals surface area contributed by atoms with Crippen molar-refractivity contribution in [3.63, 3.8) is 0 Å². The van der Waals surface area contributed by atoms with Gasteiger partial charge in [0.15, 0.2) is 0 Å². The fourth-order valence-electron chi connectivity index (χ4n) is 4.74. The van der Waals surface area contributed by atoms with Crippen LogP contribution in [0.25, 0.3) is 0 Å². The predicted octanol–water partition coefficient (Wildman–Crippen LogP) is 6.55. The Labute approximate surface area is 167 Å². The maximum absolute atomic E-state index is 2.46. The van der Waals surface area contributed by atoms with Crippen LogP contribution in [0, 0.1) is 22.7 Å². The van der Waals surface area contributed by atoms with Gasteiger partial charge >= 0.3 is 0 Å². The van der Waals surface area contributed by atoms with Crippen LogP contribution in [0.3, 0.4) is 0 Å². The van der Waals surface area contributed by atoms with Crippen LogP contribution in [0.4, 0.5) is 0 Å². The van der Waals surface area contributed by atoms with Crippen LogP contribution >= 0.6 is 0 Å². The lowest BCUT2D eigenvalue weighted by Crippen LogP contribution is -2.35. The molecule has 0 aliphatic heterocycles. The Bertz CT molecular complexity index is 323. The average molecular weight is 369 g/mol. The molecule has 0 heterocycles. The molecule has 0 aromatic carbocycles. The van der Waals surface area contributed by atoms with Crippen molar-refractivity contribution < 1.29 is 0 Å². The summed E-state index contributed by atoms with van der Waals surface area (Å²) in [5.41, 5.74) is 0.871. The number of rotatable bonds is 11. The minimum atomic E-state index is 0.435. The van der Waals surface area contributed by atoms with Gasteiger partial charge in [-0.25, -0.2) is 0 Å². The van der Waals surface area contributed by atoms with E-state index in [2.05, 4.69) is 93.4 Å². The third-order valence-corrected chi connectivity index (χ3v) is 5.56. The molecule has 4 atom stereocenters. The second-order valence-electron chi connectivity index (χ2n) is 12.0. The van der Waals surface area contributed by atoms with E-state index in [0.717, 1.165) is 11.8 Å². The van der Waals surface area contributed by atoms with Crippen LogP contribution < -0.4 is 0 Å². The first-order valence-corrected chi connectivity index (χ1v) is 10.9. The highest BCUT2D eigenvalue weighted by atomic mass is 15.1. The lowest BCUT2D eigenvalue weighted by molar-refractivity contribution is 0.167. The van der Waals surface area contributed by atoms with Crippen molar-refractivity contribution in [2.75, 3.05) is 28.2 Å². The molecule has 0 radical (unpaired) electrons. The smallest absolute Gasteiger partial charge is 0.00922 e. The zero-order valence-electron chi connectivity index (χ0n) is 20.4. The molecule has 2 heteroatoms. The van der Waals surface area contributed by atoms with Crippen LogP contribution in [-0.2, 0) is 0 Å². The molecule has 0 aliphatic carbocycles. The molecule has 0 saturated carbocycles. The van der Waals surface area contributed by atoms with Gasteiger partial charge in [-0.1, -0.05) is 55.4 Å². The van der Waals surface area contributed by atoms with Gasteiger partial charge in [-0.15, -0.1) is 0 Å². The monoisotopic (exact) mass is 368 g/mol. The maximum atomic E-state index is 2.46. The molecule has 0 unspecified atom stereocenters. The molecule has 0 amide bonds. The summed E-state index contributed by atoms with van der Waals surface area (Å²) in [6.45, 7) is 19.1. The van der Waals surface area contributed by atoms with Gasteiger partial charge in [0.2, 0.25) is 0 Å². The van der Waals surface area contributed by atoms with Crippen molar-refractivity contribution in [3.8, 4) is 0 Å². The highest BCUT2D eigenvalue weighted by Gasteiger charge is 2.24. The Kier molecular flexibility index (Phi) is 11.0. The highest BCUT2D eigenvalue weighted by Crippen LogP contribution is 2.30. The summed E-state index contributed by atoms with van der Waals surface area (Å²) >= 11 is 0. The Morgan fingerprint density at radius 2 is 0.846 bits per heavy atom. The second-order valence-corrected chi connectivity index (χ2v) is 12.0. The normalized spacial score (nSPS) is 18.2. The summed E-state index contributed by atoms with van der Waals surface area (Å²) in [6.07, 6.45) is 7.90. The standard InChI is InChI=1S/C24H52N2/c1-19(17-23(3,4)5)15-21(25(9)10)13-14-22(26(11)12)16-20(2)18-24(6,7)8/h19-22H,13-18H2,1-12H3/t19-,20-,21+,22+/m1/s1. The molecule has 0 fully saturated rings. The van der Waals surface area contributed by atoms with Gasteiger partial charge < -0.3 is 9.80 Å². The fourth-order valence-corrected chi connectivity index (χ4v) is 4.74. The molecule has 0 bridgehead atoms. The third-order valence-electron chi connectivity index (χ3n) is 5.56. The molecular weight excluding hydrogens is 316 g/mol. The minimum Gasteiger partial charge on any atom is -0.306 e. The van der Waals surface area contributed by atoms with E-state index in [1.165, 1.54) is 38.5 Å². The van der Waals surface area contributed by atoms with Crippen molar-refractivity contribution in [1.82, 2.24) is 9.80 Å². The molecule has 0 aromatic rings. The first-order chi connectivity index (χ1) is 11.6. The summed E-state index contributed by atoms with van der Waals surface area (Å²) in [7, 11) is 9.06. The van der Waals surface area contributed by atoms with E-state index in [9.17, 15) is 0 Å². The number of hydrogen-bond acceptors (Lipinski definition) is 2. The Morgan fingerprint density at radius 3 is 1.04 bits per heavy atom. The molecule has 0 spiro atoms. The van der Waals surface area contributed by atoms with Crippen molar-refractivity contribution in [2.24, 2.45) is 22.7 Å². The van der Waals surface area contributed by atoms with Gasteiger partial charge in [-0.3, -0.25) is 0 Å². The van der Waals surface area contributed by atoms with Crippen LogP contribution in [-0.4, -0.2) is 50.1 Å². The number of hydrogen-bond donors (Lipinski definition) is 0. The van der Waals surface area contributed by atoms with E-state index < -0.39 is 0 Å². The summed E-state index contributed by atoms with van der Waals surface area (Å²) in [4.78, 5) is 4.93. The lowest BCUT2D eigenvalue weighted by Gasteiger charge is -2.34. The SMILES string of the molecule is C[C@H](C[C@H](CC[C@@H](C[C@@H](C)CC(C)(C)C)N(C)C)N(C)C)CC(C)(C)C. The van der Waals surface area contributed by atoms with E-state index in [1.807, 2.05) is 0 Å². The van der Waals surface area contributed by atoms with Gasteiger partial charge in [0.1, 0.15) is 0 Å². The van der Waals surface area contributed by atoms with E-state index in [0.29, 0.717) is 22.9 Å². The molecule has 158 valence electrons. The molecule has 0 aromatic heterocycles. The van der Waals surface area contributed by atoms with Gasteiger partial charge in [-0.05, 0) is 89.4 Å². The van der Waals surface area contributed by atoms with Crippen LogP contribution in [0.15, 0.2) is 0 Å². The molecular formula is C24H52N2. The zero-order chi connectivity index (χ0) is 20.7. The highest BCUT2D eigenvalue weighted by molar-refractivity contribution is 4.79. The van der Waals surface area contributed by atoms with Crippen molar-refractivity contribution in [2.45, 2.75) is 106 Å². The lowest BCUT2D eigenvalue weighted by atomic mass is 9.80. The van der Waals surface area contributed by atoms with E-state index >= 15 is 0 Å². The van der Waals surface area contributed by atoms with E-state index in [4.69, 9.17) is 0 Å². The molecule has 0 N–H and O–H groups in total. The Hall–Kier alpha value is -0.0800. The fraction of sp³-hybridized carbons (Fsp3) is 1.00. The van der Waals surface area contributed by atoms with Gasteiger partial charge in [0, 0.05) is 12.1 Å². The molecule has 0 aliphatic rings. The topological polar surface area (TPSA) is 6.48 Å². The zero-order valence-corrected chi connectivity index (χ0v) is 20.4. The third kappa shape index (κ3) is 13.1. The average Bonchev–Trinajstić information content (AvgIpc) is 2.36. The second kappa shape index (κ2) is 11.1. The summed E-state index contributed by atoms with van der Waals surface area (Å²) in [5, 5.41) is 0. The van der Waals surface area contributed by atoms with Crippen molar-refractivity contribution in [1.29, 1.82) is 0 Å². The Morgan fingerprint density at radius 1 is 0.577 bits per heavy atom. The maximum Gasteiger partial charge on any atom is 0.00922 e. The van der Waals surface area contributed by atoms with Gasteiger partial charge in [0.05, 0.1) is 0 Å².